The Morgan fingerprint density at radius 2 is 2.25 bits per heavy atom. The van der Waals surface area contributed by atoms with Gasteiger partial charge in [0.1, 0.15) is 0 Å². The Morgan fingerprint density at radius 1 is 1.42 bits per heavy atom. The molecule has 3 nitrogen and oxygen atoms in total. The monoisotopic (exact) mass is 170 g/mol. The molecule has 3 heteroatoms. The minimum atomic E-state index is 0.363. The molecule has 2 rings (SSSR count). The van der Waals surface area contributed by atoms with Gasteiger partial charge >= 0.3 is 0 Å². The van der Waals surface area contributed by atoms with Gasteiger partial charge in [-0.05, 0) is 25.3 Å². The molecule has 0 bridgehead atoms. The number of rotatable bonds is 3. The molecule has 2 fully saturated rings. The Hall–Kier alpha value is -0.120. The summed E-state index contributed by atoms with van der Waals surface area (Å²) in [6, 6.07) is 0.800. The first kappa shape index (κ1) is 8.48. The second-order valence-corrected chi connectivity index (χ2v) is 3.97. The zero-order valence-corrected chi connectivity index (χ0v) is 7.50. The van der Waals surface area contributed by atoms with Crippen molar-refractivity contribution >= 4 is 0 Å². The normalized spacial score (nSPS) is 32.2. The van der Waals surface area contributed by atoms with Crippen LogP contribution in [0.5, 0.6) is 0 Å². The predicted molar refractivity (Wildman–Crippen MR) is 48.0 cm³/mol. The lowest BCUT2D eigenvalue weighted by Crippen LogP contribution is -2.56. The Balaban J connectivity index is 1.73. The van der Waals surface area contributed by atoms with Crippen LogP contribution in [0.15, 0.2) is 0 Å². The number of aliphatic hydroxyl groups is 1. The van der Waals surface area contributed by atoms with E-state index in [0.29, 0.717) is 6.61 Å². The summed E-state index contributed by atoms with van der Waals surface area (Å²) in [7, 11) is 0. The Kier molecular flexibility index (Phi) is 2.63. The van der Waals surface area contributed by atoms with Crippen LogP contribution in [0.3, 0.4) is 0 Å². The van der Waals surface area contributed by atoms with Crippen molar-refractivity contribution in [2.24, 2.45) is 5.92 Å². The van der Waals surface area contributed by atoms with Crippen molar-refractivity contribution in [2.75, 3.05) is 32.8 Å². The fraction of sp³-hybridized carbons (Fsp3) is 1.00. The van der Waals surface area contributed by atoms with Gasteiger partial charge in [0.2, 0.25) is 0 Å². The molecule has 2 aliphatic heterocycles. The number of nitrogens with one attached hydrogen (secondary N) is 1. The summed E-state index contributed by atoms with van der Waals surface area (Å²) in [6.45, 7) is 5.17. The maximum absolute atomic E-state index is 8.79. The van der Waals surface area contributed by atoms with Gasteiger partial charge in [0.05, 0.1) is 0 Å². The molecule has 12 heavy (non-hydrogen) atoms. The van der Waals surface area contributed by atoms with Crippen LogP contribution in [0.2, 0.25) is 0 Å². The van der Waals surface area contributed by atoms with Gasteiger partial charge in [0.15, 0.2) is 0 Å². The van der Waals surface area contributed by atoms with Crippen LogP contribution in [-0.4, -0.2) is 48.8 Å². The summed E-state index contributed by atoms with van der Waals surface area (Å²) in [5, 5.41) is 12.1. The van der Waals surface area contributed by atoms with Crippen molar-refractivity contribution in [1.29, 1.82) is 0 Å². The van der Waals surface area contributed by atoms with Crippen LogP contribution in [-0.2, 0) is 0 Å². The fourth-order valence-corrected chi connectivity index (χ4v) is 2.14. The van der Waals surface area contributed by atoms with Crippen LogP contribution in [0.25, 0.3) is 0 Å². The number of nitrogens with zero attached hydrogens (tertiary/aromatic N) is 1. The lowest BCUT2D eigenvalue weighted by Gasteiger charge is -2.35. The number of hydrogen-bond acceptors (Lipinski definition) is 3. The van der Waals surface area contributed by atoms with E-state index in [1.54, 1.807) is 0 Å². The van der Waals surface area contributed by atoms with Crippen molar-refractivity contribution in [3.63, 3.8) is 0 Å². The van der Waals surface area contributed by atoms with E-state index in [2.05, 4.69) is 10.2 Å². The van der Waals surface area contributed by atoms with Gasteiger partial charge in [-0.15, -0.1) is 0 Å². The Labute approximate surface area is 73.8 Å². The first-order chi connectivity index (χ1) is 5.90. The van der Waals surface area contributed by atoms with Crippen molar-refractivity contribution < 1.29 is 5.11 Å². The molecule has 2 saturated heterocycles. The van der Waals surface area contributed by atoms with E-state index in [-0.39, 0.29) is 0 Å². The second kappa shape index (κ2) is 3.73. The molecule has 0 aliphatic carbocycles. The average Bonchev–Trinajstić information content (AvgIpc) is 2.34. The van der Waals surface area contributed by atoms with Crippen molar-refractivity contribution in [3.05, 3.63) is 0 Å². The number of aliphatic hydroxyl groups excluding tert-OH is 1. The van der Waals surface area contributed by atoms with Gasteiger partial charge in [0.25, 0.3) is 0 Å². The molecule has 70 valence electrons. The molecule has 1 atom stereocenters. The van der Waals surface area contributed by atoms with Gasteiger partial charge in [-0.3, -0.25) is 4.90 Å². The molecule has 2 aliphatic rings. The predicted octanol–water partition coefficient (Wildman–Crippen LogP) is -0.337. The van der Waals surface area contributed by atoms with E-state index >= 15 is 0 Å². The van der Waals surface area contributed by atoms with Crippen LogP contribution in [0.1, 0.15) is 12.8 Å². The molecule has 1 unspecified atom stereocenters. The highest BCUT2D eigenvalue weighted by molar-refractivity contribution is 4.89. The first-order valence-corrected chi connectivity index (χ1v) is 4.96. The van der Waals surface area contributed by atoms with Crippen molar-refractivity contribution in [2.45, 2.75) is 18.9 Å². The maximum atomic E-state index is 8.79. The lowest BCUT2D eigenvalue weighted by molar-refractivity contribution is 0.169. The third-order valence-electron chi connectivity index (χ3n) is 3.13. The number of hydrogen-bond donors (Lipinski definition) is 2. The largest absolute Gasteiger partial charge is 0.396 e. The molecule has 2 heterocycles. The van der Waals surface area contributed by atoms with E-state index in [1.165, 1.54) is 32.6 Å². The average molecular weight is 170 g/mol. The zero-order chi connectivity index (χ0) is 8.39. The minimum absolute atomic E-state index is 0.363. The third-order valence-corrected chi connectivity index (χ3v) is 3.13. The molecule has 0 amide bonds. The molecule has 0 spiro atoms. The highest BCUT2D eigenvalue weighted by Gasteiger charge is 2.30. The SMILES string of the molecule is OCCC1CCN(C2CNC2)C1. The quantitative estimate of drug-likeness (QED) is 0.608. The standard InChI is InChI=1S/C9H18N2O/c12-4-2-8-1-3-11(7-8)9-5-10-6-9/h8-10,12H,1-7H2. The summed E-state index contributed by atoms with van der Waals surface area (Å²) in [5.41, 5.74) is 0. The summed E-state index contributed by atoms with van der Waals surface area (Å²) < 4.78 is 0. The summed E-state index contributed by atoms with van der Waals surface area (Å²) in [5.74, 6) is 0.760. The molecular formula is C9H18N2O. The first-order valence-electron chi connectivity index (χ1n) is 4.96. The summed E-state index contributed by atoms with van der Waals surface area (Å²) in [6.07, 6.45) is 2.29. The summed E-state index contributed by atoms with van der Waals surface area (Å²) >= 11 is 0. The van der Waals surface area contributed by atoms with E-state index in [9.17, 15) is 0 Å². The topological polar surface area (TPSA) is 35.5 Å². The molecule has 0 aromatic carbocycles. The minimum Gasteiger partial charge on any atom is -0.396 e. The Morgan fingerprint density at radius 3 is 2.83 bits per heavy atom. The van der Waals surface area contributed by atoms with E-state index in [4.69, 9.17) is 5.11 Å². The van der Waals surface area contributed by atoms with Gasteiger partial charge < -0.3 is 10.4 Å². The molecular weight excluding hydrogens is 152 g/mol. The second-order valence-electron chi connectivity index (χ2n) is 3.97. The molecule has 2 N–H and O–H groups in total. The fourth-order valence-electron chi connectivity index (χ4n) is 2.14. The van der Waals surface area contributed by atoms with Gasteiger partial charge in [-0.25, -0.2) is 0 Å². The van der Waals surface area contributed by atoms with E-state index in [0.717, 1.165) is 18.4 Å². The van der Waals surface area contributed by atoms with Gasteiger partial charge in [-0.2, -0.15) is 0 Å². The van der Waals surface area contributed by atoms with E-state index in [1.807, 2.05) is 0 Å². The van der Waals surface area contributed by atoms with Crippen molar-refractivity contribution in [1.82, 2.24) is 10.2 Å². The van der Waals surface area contributed by atoms with Gasteiger partial charge in [-0.1, -0.05) is 0 Å². The molecule has 0 radical (unpaired) electrons. The smallest absolute Gasteiger partial charge is 0.0434 e. The van der Waals surface area contributed by atoms with Crippen LogP contribution in [0, 0.1) is 5.92 Å². The maximum Gasteiger partial charge on any atom is 0.0434 e. The molecule has 0 aromatic rings. The zero-order valence-electron chi connectivity index (χ0n) is 7.50. The Bertz CT molecular complexity index is 147. The lowest BCUT2D eigenvalue weighted by atomic mass is 10.1. The third kappa shape index (κ3) is 1.63. The highest BCUT2D eigenvalue weighted by Crippen LogP contribution is 2.22. The summed E-state index contributed by atoms with van der Waals surface area (Å²) in [4.78, 5) is 2.57. The van der Waals surface area contributed by atoms with Crippen molar-refractivity contribution in [3.8, 4) is 0 Å². The molecule has 0 aromatic heterocycles. The molecule has 0 saturated carbocycles. The number of likely N-dealkylation sites (tertiary alicyclic amines) is 1. The van der Waals surface area contributed by atoms with E-state index < -0.39 is 0 Å². The van der Waals surface area contributed by atoms with Crippen LogP contribution >= 0.6 is 0 Å². The van der Waals surface area contributed by atoms with Crippen LogP contribution in [0.4, 0.5) is 0 Å². The highest BCUT2D eigenvalue weighted by atomic mass is 16.3. The van der Waals surface area contributed by atoms with Crippen LogP contribution < -0.4 is 5.32 Å². The van der Waals surface area contributed by atoms with Gasteiger partial charge in [0, 0.05) is 32.3 Å².